The molecule has 1 aromatic heterocycles. The number of aromatic nitrogens is 2. The van der Waals surface area contributed by atoms with Gasteiger partial charge in [-0.1, -0.05) is 42.3 Å². The Hall–Kier alpha value is -2.83. The van der Waals surface area contributed by atoms with Crippen LogP contribution in [0.3, 0.4) is 0 Å². The second-order valence-electron chi connectivity index (χ2n) is 5.93. The summed E-state index contributed by atoms with van der Waals surface area (Å²) in [7, 11) is 0. The van der Waals surface area contributed by atoms with Gasteiger partial charge in [-0.3, -0.25) is 4.79 Å². The maximum absolute atomic E-state index is 12.5. The van der Waals surface area contributed by atoms with Crippen LogP contribution in [0.25, 0.3) is 11.4 Å². The Morgan fingerprint density at radius 1 is 1.18 bits per heavy atom. The van der Waals surface area contributed by atoms with Crippen LogP contribution >= 0.6 is 23.2 Å². The molecule has 2 N–H and O–H groups in total. The van der Waals surface area contributed by atoms with Crippen molar-refractivity contribution in [3.05, 3.63) is 70.5 Å². The number of hydrogen-bond donors (Lipinski definition) is 2. The molecule has 0 saturated carbocycles. The lowest BCUT2D eigenvalue weighted by Crippen LogP contribution is -2.32. The van der Waals surface area contributed by atoms with Crippen molar-refractivity contribution in [2.24, 2.45) is 0 Å². The molecule has 8 heteroatoms. The Labute approximate surface area is 171 Å². The quantitative estimate of drug-likeness (QED) is 0.555. The van der Waals surface area contributed by atoms with E-state index in [1.54, 1.807) is 55.7 Å². The van der Waals surface area contributed by atoms with Crippen molar-refractivity contribution in [3.8, 4) is 11.4 Å². The third-order valence-electron chi connectivity index (χ3n) is 3.99. The van der Waals surface area contributed by atoms with Crippen molar-refractivity contribution >= 4 is 40.8 Å². The van der Waals surface area contributed by atoms with Gasteiger partial charge in [-0.2, -0.15) is 0 Å². The van der Waals surface area contributed by atoms with Crippen molar-refractivity contribution in [1.29, 1.82) is 0 Å². The van der Waals surface area contributed by atoms with Crippen LogP contribution in [0, 0.1) is 0 Å². The van der Waals surface area contributed by atoms with Crippen LogP contribution in [-0.2, 0) is 9.53 Å². The van der Waals surface area contributed by atoms with E-state index in [0.29, 0.717) is 33.5 Å². The number of halogens is 2. The van der Waals surface area contributed by atoms with Gasteiger partial charge in [0.25, 0.3) is 5.91 Å². The summed E-state index contributed by atoms with van der Waals surface area (Å²) in [5.74, 6) is -0.354. The minimum Gasteiger partial charge on any atom is -0.449 e. The largest absolute Gasteiger partial charge is 0.449 e. The minimum absolute atomic E-state index is 0.301. The summed E-state index contributed by atoms with van der Waals surface area (Å²) < 4.78 is 5.37. The molecule has 3 aromatic rings. The molecular formula is C20H17Cl2N3O3. The molecule has 0 aliphatic rings. The summed E-state index contributed by atoms with van der Waals surface area (Å²) in [6.45, 7) is 1.75. The molecule has 144 valence electrons. The van der Waals surface area contributed by atoms with Gasteiger partial charge in [-0.25, -0.2) is 9.78 Å². The molecule has 2 aromatic carbocycles. The molecule has 1 unspecified atom stereocenters. The first-order chi connectivity index (χ1) is 13.5. The first-order valence-corrected chi connectivity index (χ1v) is 9.30. The highest BCUT2D eigenvalue weighted by molar-refractivity contribution is 6.36. The van der Waals surface area contributed by atoms with Gasteiger partial charge in [0, 0.05) is 23.0 Å². The third kappa shape index (κ3) is 4.71. The summed E-state index contributed by atoms with van der Waals surface area (Å²) in [5.41, 5.74) is 1.57. The first-order valence-electron chi connectivity index (χ1n) is 8.54. The monoisotopic (exact) mass is 417 g/mol. The van der Waals surface area contributed by atoms with E-state index < -0.39 is 18.0 Å². The molecule has 3 rings (SSSR count). The van der Waals surface area contributed by atoms with Gasteiger partial charge < -0.3 is 15.0 Å². The molecule has 0 bridgehead atoms. The molecule has 1 atom stereocenters. The van der Waals surface area contributed by atoms with Crippen molar-refractivity contribution in [1.82, 2.24) is 9.97 Å². The lowest BCUT2D eigenvalue weighted by Gasteiger charge is -2.17. The molecule has 0 saturated heterocycles. The normalized spacial score (nSPS) is 11.7. The van der Waals surface area contributed by atoms with E-state index in [-0.39, 0.29) is 0 Å². The molecule has 0 spiro atoms. The van der Waals surface area contributed by atoms with Crippen LogP contribution in [0.2, 0.25) is 10.0 Å². The number of anilines is 1. The topological polar surface area (TPSA) is 84.1 Å². The predicted octanol–water partition coefficient (Wildman–Crippen LogP) is 4.96. The Morgan fingerprint density at radius 3 is 2.54 bits per heavy atom. The number of imidazole rings is 1. The highest BCUT2D eigenvalue weighted by Gasteiger charge is 2.23. The van der Waals surface area contributed by atoms with E-state index in [4.69, 9.17) is 27.9 Å². The molecule has 0 fully saturated rings. The van der Waals surface area contributed by atoms with Crippen molar-refractivity contribution in [2.75, 3.05) is 5.32 Å². The third-order valence-corrected chi connectivity index (χ3v) is 4.54. The summed E-state index contributed by atoms with van der Waals surface area (Å²) >= 11 is 11.9. The number of nitrogens with zero attached hydrogens (tertiary/aromatic N) is 1. The maximum Gasteiger partial charge on any atom is 0.338 e. The first kappa shape index (κ1) is 19.9. The Morgan fingerprint density at radius 2 is 1.93 bits per heavy atom. The zero-order chi connectivity index (χ0) is 20.1. The van der Waals surface area contributed by atoms with Gasteiger partial charge >= 0.3 is 5.97 Å². The fourth-order valence-electron chi connectivity index (χ4n) is 2.51. The van der Waals surface area contributed by atoms with E-state index in [1.165, 1.54) is 6.07 Å². The molecule has 1 heterocycles. The molecule has 0 radical (unpaired) electrons. The zero-order valence-corrected chi connectivity index (χ0v) is 16.4. The summed E-state index contributed by atoms with van der Waals surface area (Å²) in [5, 5.41) is 3.41. The predicted molar refractivity (Wildman–Crippen MR) is 109 cm³/mol. The molecule has 0 aliphatic heterocycles. The molecular weight excluding hydrogens is 401 g/mol. The van der Waals surface area contributed by atoms with Crippen LogP contribution in [-0.4, -0.2) is 27.9 Å². The number of aromatic amines is 1. The number of carbonyl (C=O) groups is 2. The fraction of sp³-hybridized carbons (Fsp3) is 0.150. The molecule has 0 aliphatic carbocycles. The van der Waals surface area contributed by atoms with Gasteiger partial charge in [-0.15, -0.1) is 0 Å². The number of ether oxygens (including phenoxy) is 1. The number of amides is 1. The van der Waals surface area contributed by atoms with E-state index in [2.05, 4.69) is 15.3 Å². The van der Waals surface area contributed by atoms with Crippen LogP contribution in [0.5, 0.6) is 0 Å². The number of carbonyl (C=O) groups excluding carboxylic acids is 2. The van der Waals surface area contributed by atoms with Gasteiger partial charge in [0.1, 0.15) is 5.82 Å². The zero-order valence-electron chi connectivity index (χ0n) is 14.9. The SMILES string of the molecule is CCC(OC(=O)c1ccc(-c2ncc[nH]2)cc1)C(=O)Nc1ccc(Cl)cc1Cl. The number of esters is 1. The Kier molecular flexibility index (Phi) is 6.34. The minimum atomic E-state index is -0.955. The van der Waals surface area contributed by atoms with Gasteiger partial charge in [0.15, 0.2) is 6.10 Å². The van der Waals surface area contributed by atoms with E-state index in [1.807, 2.05) is 0 Å². The van der Waals surface area contributed by atoms with Gasteiger partial charge in [0.2, 0.25) is 0 Å². The average molecular weight is 418 g/mol. The highest BCUT2D eigenvalue weighted by atomic mass is 35.5. The van der Waals surface area contributed by atoms with Gasteiger partial charge in [-0.05, 0) is 36.8 Å². The summed E-state index contributed by atoms with van der Waals surface area (Å²) in [6.07, 6.45) is 2.72. The highest BCUT2D eigenvalue weighted by Crippen LogP contribution is 2.26. The van der Waals surface area contributed by atoms with Crippen LogP contribution in [0.1, 0.15) is 23.7 Å². The standard InChI is InChI=1S/C20H17Cl2N3O3/c1-2-17(19(26)25-16-8-7-14(21)11-15(16)22)28-20(27)13-5-3-12(4-6-13)18-23-9-10-24-18/h3-11,17H,2H2,1H3,(H,23,24)(H,25,26). The maximum atomic E-state index is 12.5. The Bertz CT molecular complexity index is 973. The van der Waals surface area contributed by atoms with Crippen LogP contribution < -0.4 is 5.32 Å². The molecule has 28 heavy (non-hydrogen) atoms. The smallest absolute Gasteiger partial charge is 0.338 e. The Balaban J connectivity index is 1.66. The summed E-state index contributed by atoms with van der Waals surface area (Å²) in [6, 6.07) is 11.5. The molecule has 1 amide bonds. The number of benzene rings is 2. The fourth-order valence-corrected chi connectivity index (χ4v) is 2.97. The number of rotatable bonds is 6. The second kappa shape index (κ2) is 8.91. The van der Waals surface area contributed by atoms with Crippen LogP contribution in [0.15, 0.2) is 54.9 Å². The van der Waals surface area contributed by atoms with Crippen molar-refractivity contribution in [2.45, 2.75) is 19.4 Å². The number of hydrogen-bond acceptors (Lipinski definition) is 4. The van der Waals surface area contributed by atoms with Crippen molar-refractivity contribution < 1.29 is 14.3 Å². The molecule has 6 nitrogen and oxygen atoms in total. The lowest BCUT2D eigenvalue weighted by atomic mass is 10.1. The van der Waals surface area contributed by atoms with Crippen LogP contribution in [0.4, 0.5) is 5.69 Å². The van der Waals surface area contributed by atoms with Gasteiger partial charge in [0.05, 0.1) is 16.3 Å². The average Bonchev–Trinajstić information content (AvgIpc) is 3.23. The lowest BCUT2D eigenvalue weighted by molar-refractivity contribution is -0.124. The summed E-state index contributed by atoms with van der Waals surface area (Å²) in [4.78, 5) is 32.0. The van der Waals surface area contributed by atoms with E-state index in [0.717, 1.165) is 5.56 Å². The number of nitrogens with one attached hydrogen (secondary N) is 2. The van der Waals surface area contributed by atoms with E-state index in [9.17, 15) is 9.59 Å². The number of H-pyrrole nitrogens is 1. The second-order valence-corrected chi connectivity index (χ2v) is 6.77. The van der Waals surface area contributed by atoms with E-state index >= 15 is 0 Å². The van der Waals surface area contributed by atoms with Crippen molar-refractivity contribution in [3.63, 3.8) is 0 Å².